The Morgan fingerprint density at radius 1 is 1.10 bits per heavy atom. The predicted molar refractivity (Wildman–Crippen MR) is 80.3 cm³/mol. The molecule has 0 radical (unpaired) electrons. The smallest absolute Gasteiger partial charge is 0.179 e. The number of hydrogen-bond acceptors (Lipinski definition) is 4. The number of carbonyl (C=O) groups excluding carboxylic acids is 1. The van der Waals surface area contributed by atoms with Gasteiger partial charge in [0.2, 0.25) is 0 Å². The summed E-state index contributed by atoms with van der Waals surface area (Å²) in [5.74, 6) is 0.0702. The largest absolute Gasteiger partial charge is 0.488 e. The molecule has 0 N–H and O–H groups in total. The van der Waals surface area contributed by atoms with Crippen LogP contribution in [0.2, 0.25) is 0 Å². The van der Waals surface area contributed by atoms with Gasteiger partial charge in [0.1, 0.15) is 17.3 Å². The molecule has 0 unspecified atom stereocenters. The van der Waals surface area contributed by atoms with Crippen LogP contribution in [-0.4, -0.2) is 20.5 Å². The zero-order valence-electron chi connectivity index (χ0n) is 11.9. The van der Waals surface area contributed by atoms with Crippen LogP contribution in [0.1, 0.15) is 22.8 Å². The van der Waals surface area contributed by atoms with Crippen molar-refractivity contribution in [2.24, 2.45) is 0 Å². The van der Waals surface area contributed by atoms with Gasteiger partial charge in [-0.3, -0.25) is 4.79 Å². The van der Waals surface area contributed by atoms with Crippen molar-refractivity contribution in [1.29, 1.82) is 0 Å². The first-order valence-electron chi connectivity index (χ1n) is 6.39. The summed E-state index contributed by atoms with van der Waals surface area (Å²) in [6.45, 7) is 1.66. The zero-order valence-corrected chi connectivity index (χ0v) is 12.7. The summed E-state index contributed by atoms with van der Waals surface area (Å²) in [6.07, 6.45) is 1.10. The van der Waals surface area contributed by atoms with Crippen LogP contribution in [0.15, 0.2) is 53.4 Å². The molecular weight excluding hydrogens is 288 g/mol. The van der Waals surface area contributed by atoms with Gasteiger partial charge in [-0.2, -0.15) is 0 Å². The minimum Gasteiger partial charge on any atom is -0.488 e. The highest BCUT2D eigenvalue weighted by molar-refractivity contribution is 7.90. The number of hydrogen-bond donors (Lipinski definition) is 0. The van der Waals surface area contributed by atoms with Crippen molar-refractivity contribution in [3.8, 4) is 5.75 Å². The predicted octanol–water partition coefficient (Wildman–Crippen LogP) is 2.87. The van der Waals surface area contributed by atoms with Crippen molar-refractivity contribution in [2.75, 3.05) is 6.26 Å². The molecule has 0 amide bonds. The van der Waals surface area contributed by atoms with E-state index in [0.29, 0.717) is 5.56 Å². The minimum atomic E-state index is -3.47. The number of ether oxygens (including phenoxy) is 1. The average molecular weight is 304 g/mol. The van der Waals surface area contributed by atoms with E-state index in [4.69, 9.17) is 4.74 Å². The first kappa shape index (κ1) is 15.3. The molecule has 0 saturated carbocycles. The van der Waals surface area contributed by atoms with Crippen molar-refractivity contribution in [3.63, 3.8) is 0 Å². The van der Waals surface area contributed by atoms with Crippen LogP contribution in [0.25, 0.3) is 0 Å². The second-order valence-electron chi connectivity index (χ2n) is 4.76. The van der Waals surface area contributed by atoms with E-state index >= 15 is 0 Å². The van der Waals surface area contributed by atoms with Crippen LogP contribution in [-0.2, 0) is 16.4 Å². The fourth-order valence-electron chi connectivity index (χ4n) is 1.87. The monoisotopic (exact) mass is 304 g/mol. The van der Waals surface area contributed by atoms with E-state index < -0.39 is 9.84 Å². The summed E-state index contributed by atoms with van der Waals surface area (Å²) in [7, 11) is -3.47. The van der Waals surface area contributed by atoms with E-state index in [0.717, 1.165) is 11.8 Å². The van der Waals surface area contributed by atoms with Gasteiger partial charge >= 0.3 is 0 Å². The van der Waals surface area contributed by atoms with Gasteiger partial charge in [-0.15, -0.1) is 0 Å². The van der Waals surface area contributed by atoms with Crippen molar-refractivity contribution < 1.29 is 17.9 Å². The Hall–Kier alpha value is -2.14. The molecule has 0 fully saturated rings. The molecule has 0 aliphatic heterocycles. The topological polar surface area (TPSA) is 60.4 Å². The summed E-state index contributed by atoms with van der Waals surface area (Å²) in [5.41, 5.74) is 1.29. The third-order valence-corrected chi connectivity index (χ3v) is 4.10. The molecule has 4 nitrogen and oxygen atoms in total. The summed E-state index contributed by atoms with van der Waals surface area (Å²) in [6, 6.07) is 13.9. The Morgan fingerprint density at radius 2 is 1.76 bits per heavy atom. The number of carbonyl (C=O) groups is 1. The Balaban J connectivity index is 2.33. The molecule has 110 valence electrons. The number of rotatable bonds is 5. The normalized spacial score (nSPS) is 11.1. The number of benzene rings is 2. The van der Waals surface area contributed by atoms with Gasteiger partial charge in [0.05, 0.1) is 0 Å². The SMILES string of the molecule is CC(=O)c1ccc(OCc2ccccc2)c(S(C)(=O)=O)c1. The van der Waals surface area contributed by atoms with Crippen LogP contribution in [0, 0.1) is 0 Å². The Morgan fingerprint density at radius 3 is 2.33 bits per heavy atom. The Kier molecular flexibility index (Phi) is 4.43. The Labute approximate surface area is 124 Å². The molecule has 2 aromatic rings. The highest BCUT2D eigenvalue weighted by Crippen LogP contribution is 2.26. The third-order valence-electron chi connectivity index (χ3n) is 2.99. The molecular formula is C16H16O4S. The fourth-order valence-corrected chi connectivity index (χ4v) is 2.70. The van der Waals surface area contributed by atoms with Gasteiger partial charge in [-0.25, -0.2) is 8.42 Å². The van der Waals surface area contributed by atoms with Crippen LogP contribution in [0.4, 0.5) is 0 Å². The highest BCUT2D eigenvalue weighted by Gasteiger charge is 2.16. The molecule has 21 heavy (non-hydrogen) atoms. The summed E-state index contributed by atoms with van der Waals surface area (Å²) < 4.78 is 29.3. The van der Waals surface area contributed by atoms with Crippen molar-refractivity contribution in [3.05, 3.63) is 59.7 Å². The summed E-state index contributed by atoms with van der Waals surface area (Å²) in [5, 5.41) is 0. The molecule has 0 spiro atoms. The van der Waals surface area contributed by atoms with E-state index in [9.17, 15) is 13.2 Å². The van der Waals surface area contributed by atoms with Crippen molar-refractivity contribution >= 4 is 15.6 Å². The van der Waals surface area contributed by atoms with Gasteiger partial charge in [-0.05, 0) is 30.7 Å². The third kappa shape index (κ3) is 3.92. The van der Waals surface area contributed by atoms with Gasteiger partial charge < -0.3 is 4.74 Å². The Bertz CT molecular complexity index is 749. The van der Waals surface area contributed by atoms with E-state index in [1.807, 2.05) is 30.3 Å². The van der Waals surface area contributed by atoms with Crippen molar-refractivity contribution in [2.45, 2.75) is 18.4 Å². The standard InChI is InChI=1S/C16H16O4S/c1-12(17)14-8-9-15(16(10-14)21(2,18)19)20-11-13-6-4-3-5-7-13/h3-10H,11H2,1-2H3. The lowest BCUT2D eigenvalue weighted by Crippen LogP contribution is -2.05. The van der Waals surface area contributed by atoms with E-state index in [1.54, 1.807) is 6.07 Å². The first-order chi connectivity index (χ1) is 9.88. The maximum Gasteiger partial charge on any atom is 0.179 e. The molecule has 0 saturated heterocycles. The quantitative estimate of drug-likeness (QED) is 0.797. The number of sulfone groups is 1. The summed E-state index contributed by atoms with van der Waals surface area (Å²) in [4.78, 5) is 11.4. The second-order valence-corrected chi connectivity index (χ2v) is 6.75. The fraction of sp³-hybridized carbons (Fsp3) is 0.188. The molecule has 0 aromatic heterocycles. The maximum atomic E-state index is 11.8. The molecule has 0 atom stereocenters. The van der Waals surface area contributed by atoms with Gasteiger partial charge in [0.15, 0.2) is 15.6 Å². The van der Waals surface area contributed by atoms with Crippen LogP contribution in [0.3, 0.4) is 0 Å². The van der Waals surface area contributed by atoms with Crippen LogP contribution < -0.4 is 4.74 Å². The lowest BCUT2D eigenvalue weighted by Gasteiger charge is -2.11. The van der Waals surface area contributed by atoms with Gasteiger partial charge in [0.25, 0.3) is 0 Å². The zero-order chi connectivity index (χ0) is 15.5. The molecule has 2 rings (SSSR count). The van der Waals surface area contributed by atoms with Crippen LogP contribution in [0.5, 0.6) is 5.75 Å². The van der Waals surface area contributed by atoms with E-state index in [-0.39, 0.29) is 23.0 Å². The molecule has 5 heteroatoms. The molecule has 0 heterocycles. The van der Waals surface area contributed by atoms with Crippen molar-refractivity contribution in [1.82, 2.24) is 0 Å². The summed E-state index contributed by atoms with van der Waals surface area (Å²) >= 11 is 0. The minimum absolute atomic E-state index is 0.0335. The highest BCUT2D eigenvalue weighted by atomic mass is 32.2. The van der Waals surface area contributed by atoms with Gasteiger partial charge in [0, 0.05) is 11.8 Å². The molecule has 2 aromatic carbocycles. The van der Waals surface area contributed by atoms with Crippen LogP contribution >= 0.6 is 0 Å². The van der Waals surface area contributed by atoms with E-state index in [2.05, 4.69) is 0 Å². The lowest BCUT2D eigenvalue weighted by molar-refractivity contribution is 0.101. The van der Waals surface area contributed by atoms with E-state index in [1.165, 1.54) is 19.1 Å². The molecule has 0 bridgehead atoms. The average Bonchev–Trinajstić information content (AvgIpc) is 2.45. The lowest BCUT2D eigenvalue weighted by atomic mass is 10.1. The molecule has 0 aliphatic rings. The van der Waals surface area contributed by atoms with Gasteiger partial charge in [-0.1, -0.05) is 30.3 Å². The maximum absolute atomic E-state index is 11.8. The first-order valence-corrected chi connectivity index (χ1v) is 8.29. The number of ketones is 1. The molecule has 0 aliphatic carbocycles. The number of Topliss-reactive ketones (excluding diaryl/α,β-unsaturated/α-hetero) is 1. The second kappa shape index (κ2) is 6.10.